The lowest BCUT2D eigenvalue weighted by Crippen LogP contribution is -2.55. The third-order valence-corrected chi connectivity index (χ3v) is 8.19. The fraction of sp³-hybridized carbons (Fsp3) is 0.481. The second-order valence-corrected chi connectivity index (χ2v) is 11.7. The molecule has 11 heteroatoms. The number of benzene rings is 1. The Balaban J connectivity index is 1.56. The van der Waals surface area contributed by atoms with Crippen molar-refractivity contribution in [3.63, 3.8) is 0 Å². The molecule has 2 aliphatic rings. The molecule has 1 saturated heterocycles. The molecule has 1 aromatic heterocycles. The first-order valence-corrected chi connectivity index (χ1v) is 13.4. The summed E-state index contributed by atoms with van der Waals surface area (Å²) in [4.78, 5) is 60.3. The van der Waals surface area contributed by atoms with Gasteiger partial charge in [0.1, 0.15) is 23.0 Å². The van der Waals surface area contributed by atoms with Crippen LogP contribution in [0.2, 0.25) is 0 Å². The van der Waals surface area contributed by atoms with E-state index >= 15 is 0 Å². The number of aromatic nitrogens is 1. The van der Waals surface area contributed by atoms with E-state index in [0.29, 0.717) is 17.0 Å². The van der Waals surface area contributed by atoms with Gasteiger partial charge in [0.2, 0.25) is 17.7 Å². The maximum absolute atomic E-state index is 14.0. The first kappa shape index (κ1) is 27.3. The van der Waals surface area contributed by atoms with Crippen LogP contribution in [0.3, 0.4) is 0 Å². The average molecular weight is 537 g/mol. The lowest BCUT2D eigenvalue weighted by molar-refractivity contribution is -0.146. The van der Waals surface area contributed by atoms with Gasteiger partial charge >= 0.3 is 0 Å². The predicted octanol–water partition coefficient (Wildman–Crippen LogP) is 2.46. The summed E-state index contributed by atoms with van der Waals surface area (Å²) in [6.45, 7) is 7.31. The Morgan fingerprint density at radius 2 is 2.03 bits per heavy atom. The van der Waals surface area contributed by atoms with Gasteiger partial charge in [0.15, 0.2) is 0 Å². The molecule has 2 aliphatic heterocycles. The molecule has 2 aromatic rings. The van der Waals surface area contributed by atoms with E-state index in [-0.39, 0.29) is 30.7 Å². The van der Waals surface area contributed by atoms with Crippen LogP contribution in [-0.2, 0) is 19.8 Å². The molecule has 1 fully saturated rings. The maximum Gasteiger partial charge on any atom is 0.263 e. The molecule has 4 amide bonds. The number of para-hydroxylation sites is 1. The third-order valence-electron chi connectivity index (χ3n) is 7.27. The Bertz CT molecular complexity index is 1320. The molecular formula is C27H32N6O4S. The van der Waals surface area contributed by atoms with Gasteiger partial charge in [0.25, 0.3) is 5.91 Å². The zero-order valence-electron chi connectivity index (χ0n) is 22.1. The van der Waals surface area contributed by atoms with E-state index < -0.39 is 35.4 Å². The van der Waals surface area contributed by atoms with Crippen LogP contribution in [0, 0.1) is 24.2 Å². The molecule has 10 nitrogen and oxygen atoms in total. The monoisotopic (exact) mass is 536 g/mol. The molecule has 1 aromatic carbocycles. The number of nitrogens with zero attached hydrogens (tertiary/aromatic N) is 4. The molecule has 0 radical (unpaired) electrons. The van der Waals surface area contributed by atoms with Crippen molar-refractivity contribution in [3.05, 3.63) is 45.9 Å². The first-order chi connectivity index (χ1) is 18.0. The highest BCUT2D eigenvalue weighted by Crippen LogP contribution is 2.46. The fourth-order valence-electron chi connectivity index (χ4n) is 5.30. The highest BCUT2D eigenvalue weighted by Gasteiger charge is 2.56. The number of hydrogen-bond acceptors (Lipinski definition) is 7. The van der Waals surface area contributed by atoms with Crippen LogP contribution in [0.1, 0.15) is 53.9 Å². The van der Waals surface area contributed by atoms with E-state index in [4.69, 9.17) is 0 Å². The minimum Gasteiger partial charge on any atom is -0.340 e. The smallest absolute Gasteiger partial charge is 0.263 e. The van der Waals surface area contributed by atoms with Crippen molar-refractivity contribution in [2.24, 2.45) is 5.92 Å². The molecule has 200 valence electrons. The Morgan fingerprint density at radius 3 is 2.66 bits per heavy atom. The molecular weight excluding hydrogens is 504 g/mol. The number of anilines is 1. The van der Waals surface area contributed by atoms with Gasteiger partial charge in [-0.25, -0.2) is 4.98 Å². The summed E-state index contributed by atoms with van der Waals surface area (Å²) < 4.78 is 0. The number of fused-ring (bicyclic) bond motifs is 2. The normalized spacial score (nSPS) is 21.6. The molecule has 4 atom stereocenters. The Morgan fingerprint density at radius 1 is 1.32 bits per heavy atom. The summed E-state index contributed by atoms with van der Waals surface area (Å²) in [5.74, 6) is -1.38. The highest BCUT2D eigenvalue weighted by atomic mass is 32.1. The summed E-state index contributed by atoms with van der Waals surface area (Å²) in [6.07, 6.45) is 2.01. The van der Waals surface area contributed by atoms with Gasteiger partial charge < -0.3 is 20.4 Å². The van der Waals surface area contributed by atoms with Crippen molar-refractivity contribution < 1.29 is 19.2 Å². The highest BCUT2D eigenvalue weighted by molar-refractivity contribution is 7.13. The molecule has 0 unspecified atom stereocenters. The number of nitrogens with one attached hydrogen (secondary N) is 2. The van der Waals surface area contributed by atoms with E-state index in [9.17, 15) is 24.4 Å². The SMILES string of the molecule is Cc1ncc(C(=O)N[C@@H](C)C(=O)N(C)[C@@H](CC(C)C)C(=O)N2C[C@]3(C[C@H]2C#N)C(=O)Nc2ccccc23)s1. The van der Waals surface area contributed by atoms with Gasteiger partial charge in [0.05, 0.1) is 22.7 Å². The standard InChI is InChI=1S/C27H32N6O4S/c1-15(2)10-21(32(5)24(35)16(3)30-23(34)22-13-29-17(4)38-22)25(36)33-14-27(11-18(33)12-28)19-8-6-7-9-20(19)31-26(27)37/h6-9,13,15-16,18,21H,10-11,14H2,1-5H3,(H,30,34)(H,31,37)/t16-,18-,21-,27-/m0/s1. The van der Waals surface area contributed by atoms with Crippen molar-refractivity contribution in [2.45, 2.75) is 64.1 Å². The molecule has 1 spiro atoms. The molecule has 2 N–H and O–H groups in total. The van der Waals surface area contributed by atoms with Crippen LogP contribution < -0.4 is 10.6 Å². The number of likely N-dealkylation sites (tertiary alicyclic amines) is 1. The zero-order valence-corrected chi connectivity index (χ0v) is 23.0. The van der Waals surface area contributed by atoms with Crippen LogP contribution in [0.25, 0.3) is 0 Å². The van der Waals surface area contributed by atoms with Crippen molar-refractivity contribution in [3.8, 4) is 6.07 Å². The van der Waals surface area contributed by atoms with E-state index in [1.807, 2.05) is 38.1 Å². The van der Waals surface area contributed by atoms with Crippen LogP contribution in [0.15, 0.2) is 30.5 Å². The summed E-state index contributed by atoms with van der Waals surface area (Å²) >= 11 is 1.23. The molecule has 0 bridgehead atoms. The molecule has 38 heavy (non-hydrogen) atoms. The molecule has 4 rings (SSSR count). The number of amides is 4. The summed E-state index contributed by atoms with van der Waals surface area (Å²) in [5.41, 5.74) is 0.460. The Kier molecular flexibility index (Phi) is 7.56. The Hall–Kier alpha value is -3.78. The van der Waals surface area contributed by atoms with Crippen molar-refractivity contribution in [2.75, 3.05) is 18.9 Å². The summed E-state index contributed by atoms with van der Waals surface area (Å²) in [6, 6.07) is 6.96. The third kappa shape index (κ3) is 4.88. The average Bonchev–Trinajstić information content (AvgIpc) is 3.57. The van der Waals surface area contributed by atoms with Gasteiger partial charge in [-0.1, -0.05) is 32.0 Å². The van der Waals surface area contributed by atoms with Gasteiger partial charge in [0, 0.05) is 25.7 Å². The second-order valence-electron chi connectivity index (χ2n) is 10.4. The van der Waals surface area contributed by atoms with Gasteiger partial charge in [-0.2, -0.15) is 5.26 Å². The first-order valence-electron chi connectivity index (χ1n) is 12.6. The second kappa shape index (κ2) is 10.5. The summed E-state index contributed by atoms with van der Waals surface area (Å²) in [5, 5.41) is 16.3. The number of nitriles is 1. The zero-order chi connectivity index (χ0) is 27.8. The van der Waals surface area contributed by atoms with E-state index in [1.54, 1.807) is 13.8 Å². The van der Waals surface area contributed by atoms with Crippen LogP contribution in [0.4, 0.5) is 5.69 Å². The van der Waals surface area contributed by atoms with Crippen LogP contribution in [-0.4, -0.2) is 70.1 Å². The van der Waals surface area contributed by atoms with Crippen LogP contribution >= 0.6 is 11.3 Å². The number of rotatable bonds is 7. The van der Waals surface area contributed by atoms with Gasteiger partial charge in [-0.3, -0.25) is 19.2 Å². The fourth-order valence-corrected chi connectivity index (χ4v) is 5.98. The lowest BCUT2D eigenvalue weighted by Gasteiger charge is -2.34. The minimum atomic E-state index is -1.01. The predicted molar refractivity (Wildman–Crippen MR) is 142 cm³/mol. The van der Waals surface area contributed by atoms with Crippen LogP contribution in [0.5, 0.6) is 0 Å². The number of carbonyl (C=O) groups is 4. The van der Waals surface area contributed by atoms with Crippen molar-refractivity contribution in [1.29, 1.82) is 5.26 Å². The quantitative estimate of drug-likeness (QED) is 0.558. The number of aryl methyl sites for hydroxylation is 1. The maximum atomic E-state index is 14.0. The number of carbonyl (C=O) groups excluding carboxylic acids is 4. The number of likely N-dealkylation sites (N-methyl/N-ethyl adjacent to an activating group) is 1. The topological polar surface area (TPSA) is 136 Å². The van der Waals surface area contributed by atoms with Crippen molar-refractivity contribution >= 4 is 40.7 Å². The van der Waals surface area contributed by atoms with E-state index in [0.717, 1.165) is 10.6 Å². The minimum absolute atomic E-state index is 0.0561. The number of hydrogen-bond donors (Lipinski definition) is 2. The molecule has 3 heterocycles. The van der Waals surface area contributed by atoms with E-state index in [1.165, 1.54) is 34.4 Å². The summed E-state index contributed by atoms with van der Waals surface area (Å²) in [7, 11) is 1.54. The van der Waals surface area contributed by atoms with Gasteiger partial charge in [-0.05, 0) is 37.8 Å². The Labute approximate surface area is 226 Å². The molecule has 0 aliphatic carbocycles. The van der Waals surface area contributed by atoms with Crippen molar-refractivity contribution in [1.82, 2.24) is 20.1 Å². The molecule has 0 saturated carbocycles. The lowest BCUT2D eigenvalue weighted by atomic mass is 9.80. The number of thiazole rings is 1. The van der Waals surface area contributed by atoms with E-state index in [2.05, 4.69) is 21.7 Å². The van der Waals surface area contributed by atoms with Gasteiger partial charge in [-0.15, -0.1) is 11.3 Å². The largest absolute Gasteiger partial charge is 0.340 e.